The molecule has 0 saturated carbocycles. The van der Waals surface area contributed by atoms with Gasteiger partial charge in [-0.25, -0.2) is 0 Å². The molecule has 2 aromatic rings. The van der Waals surface area contributed by atoms with E-state index in [1.165, 1.54) is 11.8 Å². The number of hydrogen-bond donors (Lipinski definition) is 1. The molecular weight excluding hydrogens is 422 g/mol. The fraction of sp³-hybridized carbons (Fsp3) is 0.286. The molecule has 0 fully saturated rings. The largest absolute Gasteiger partial charge is 0.347 e. The van der Waals surface area contributed by atoms with E-state index in [4.69, 9.17) is 0 Å². The molecule has 1 heterocycles. The SMILES string of the molecule is CC(=O)Nc1ccc2c(c1)CN(C(=O)c1cccc(Br)c1)C(C(=O)N(C)C)C2. The van der Waals surface area contributed by atoms with Crippen LogP contribution in [0.25, 0.3) is 0 Å². The number of nitrogens with one attached hydrogen (secondary N) is 1. The number of carbonyl (C=O) groups is 3. The van der Waals surface area contributed by atoms with Gasteiger partial charge < -0.3 is 15.1 Å². The minimum atomic E-state index is -0.569. The lowest BCUT2D eigenvalue weighted by Crippen LogP contribution is -2.52. The first-order valence-electron chi connectivity index (χ1n) is 8.93. The number of fused-ring (bicyclic) bond motifs is 1. The summed E-state index contributed by atoms with van der Waals surface area (Å²) in [6.45, 7) is 1.76. The molecule has 2 aromatic carbocycles. The number of amides is 3. The highest BCUT2D eigenvalue weighted by molar-refractivity contribution is 9.10. The molecule has 0 aliphatic carbocycles. The monoisotopic (exact) mass is 443 g/mol. The number of anilines is 1. The van der Waals surface area contributed by atoms with Crippen molar-refractivity contribution in [1.29, 1.82) is 0 Å². The second-order valence-corrected chi connectivity index (χ2v) is 7.98. The molecule has 6 nitrogen and oxygen atoms in total. The van der Waals surface area contributed by atoms with Crippen LogP contribution in [-0.2, 0) is 22.6 Å². The molecule has 0 radical (unpaired) electrons. The van der Waals surface area contributed by atoms with E-state index in [0.29, 0.717) is 24.2 Å². The molecule has 28 heavy (non-hydrogen) atoms. The first-order chi connectivity index (χ1) is 13.3. The van der Waals surface area contributed by atoms with Gasteiger partial charge in [-0.2, -0.15) is 0 Å². The maximum atomic E-state index is 13.2. The highest BCUT2D eigenvalue weighted by Crippen LogP contribution is 2.28. The molecular formula is C21H22BrN3O3. The summed E-state index contributed by atoms with van der Waals surface area (Å²) in [6.07, 6.45) is 0.437. The Morgan fingerprint density at radius 3 is 2.50 bits per heavy atom. The normalized spacial score (nSPS) is 15.6. The number of nitrogens with zero attached hydrogens (tertiary/aromatic N) is 2. The Kier molecular flexibility index (Phi) is 5.84. The van der Waals surface area contributed by atoms with Gasteiger partial charge in [-0.05, 0) is 41.5 Å². The van der Waals surface area contributed by atoms with E-state index in [1.54, 1.807) is 37.2 Å². The molecule has 0 bridgehead atoms. The van der Waals surface area contributed by atoms with Crippen LogP contribution < -0.4 is 5.32 Å². The fourth-order valence-corrected chi connectivity index (χ4v) is 3.78. The Hall–Kier alpha value is -2.67. The van der Waals surface area contributed by atoms with Crippen molar-refractivity contribution in [2.75, 3.05) is 19.4 Å². The highest BCUT2D eigenvalue weighted by Gasteiger charge is 2.36. The lowest BCUT2D eigenvalue weighted by Gasteiger charge is -2.37. The van der Waals surface area contributed by atoms with Crippen LogP contribution in [0.5, 0.6) is 0 Å². The molecule has 1 unspecified atom stereocenters. The summed E-state index contributed by atoms with van der Waals surface area (Å²) in [5.41, 5.74) is 3.14. The second kappa shape index (κ2) is 8.14. The van der Waals surface area contributed by atoms with Gasteiger partial charge in [0.25, 0.3) is 5.91 Å². The summed E-state index contributed by atoms with van der Waals surface area (Å²) in [5.74, 6) is -0.462. The topological polar surface area (TPSA) is 69.7 Å². The molecule has 0 aromatic heterocycles. The Balaban J connectivity index is 1.99. The first-order valence-corrected chi connectivity index (χ1v) is 9.72. The molecule has 1 N–H and O–H groups in total. The molecule has 7 heteroatoms. The Morgan fingerprint density at radius 2 is 1.86 bits per heavy atom. The van der Waals surface area contributed by atoms with Crippen LogP contribution in [0.2, 0.25) is 0 Å². The lowest BCUT2D eigenvalue weighted by atomic mass is 9.92. The van der Waals surface area contributed by atoms with Crippen LogP contribution in [0.15, 0.2) is 46.9 Å². The van der Waals surface area contributed by atoms with E-state index in [2.05, 4.69) is 21.2 Å². The summed E-state index contributed by atoms with van der Waals surface area (Å²) in [6, 6.07) is 12.2. The Labute approximate surface area is 172 Å². The maximum Gasteiger partial charge on any atom is 0.254 e. The zero-order valence-electron chi connectivity index (χ0n) is 16.0. The van der Waals surface area contributed by atoms with E-state index in [9.17, 15) is 14.4 Å². The minimum absolute atomic E-state index is 0.111. The molecule has 1 aliphatic heterocycles. The van der Waals surface area contributed by atoms with E-state index >= 15 is 0 Å². The molecule has 3 amide bonds. The summed E-state index contributed by atoms with van der Waals surface area (Å²) in [4.78, 5) is 40.5. The van der Waals surface area contributed by atoms with Crippen molar-refractivity contribution in [2.45, 2.75) is 25.9 Å². The second-order valence-electron chi connectivity index (χ2n) is 7.06. The number of hydrogen-bond acceptors (Lipinski definition) is 3. The quantitative estimate of drug-likeness (QED) is 0.792. The zero-order valence-corrected chi connectivity index (χ0v) is 17.6. The van der Waals surface area contributed by atoms with Crippen molar-refractivity contribution < 1.29 is 14.4 Å². The number of carbonyl (C=O) groups excluding carboxylic acids is 3. The molecule has 1 atom stereocenters. The molecule has 146 valence electrons. The van der Waals surface area contributed by atoms with Crippen molar-refractivity contribution in [3.05, 3.63) is 63.6 Å². The van der Waals surface area contributed by atoms with Crippen LogP contribution in [0.3, 0.4) is 0 Å². The Morgan fingerprint density at radius 1 is 1.11 bits per heavy atom. The van der Waals surface area contributed by atoms with Crippen LogP contribution >= 0.6 is 15.9 Å². The van der Waals surface area contributed by atoms with Gasteiger partial charge in [-0.15, -0.1) is 0 Å². The minimum Gasteiger partial charge on any atom is -0.347 e. The average molecular weight is 444 g/mol. The smallest absolute Gasteiger partial charge is 0.254 e. The number of rotatable bonds is 3. The van der Waals surface area contributed by atoms with Gasteiger partial charge in [0, 0.05) is 49.7 Å². The van der Waals surface area contributed by atoms with Gasteiger partial charge >= 0.3 is 0 Å². The van der Waals surface area contributed by atoms with Gasteiger partial charge in [-0.1, -0.05) is 28.1 Å². The van der Waals surface area contributed by atoms with Crippen molar-refractivity contribution in [1.82, 2.24) is 9.80 Å². The Bertz CT molecular complexity index is 942. The van der Waals surface area contributed by atoms with E-state index in [0.717, 1.165) is 15.6 Å². The molecule has 0 spiro atoms. The van der Waals surface area contributed by atoms with Gasteiger partial charge in [0.1, 0.15) is 6.04 Å². The summed E-state index contributed by atoms with van der Waals surface area (Å²) >= 11 is 3.39. The van der Waals surface area contributed by atoms with Crippen molar-refractivity contribution in [3.63, 3.8) is 0 Å². The predicted molar refractivity (Wildman–Crippen MR) is 111 cm³/mol. The zero-order chi connectivity index (χ0) is 20.4. The van der Waals surface area contributed by atoms with E-state index in [-0.39, 0.29) is 17.7 Å². The molecule has 3 rings (SSSR count). The predicted octanol–water partition coefficient (Wildman–Crippen LogP) is 3.06. The highest BCUT2D eigenvalue weighted by atomic mass is 79.9. The summed E-state index contributed by atoms with van der Waals surface area (Å²) < 4.78 is 0.805. The van der Waals surface area contributed by atoms with Crippen molar-refractivity contribution in [3.8, 4) is 0 Å². The lowest BCUT2D eigenvalue weighted by molar-refractivity contribution is -0.134. The van der Waals surface area contributed by atoms with Crippen LogP contribution in [0.1, 0.15) is 28.4 Å². The summed E-state index contributed by atoms with van der Waals surface area (Å²) in [7, 11) is 3.39. The maximum absolute atomic E-state index is 13.2. The van der Waals surface area contributed by atoms with Gasteiger partial charge in [-0.3, -0.25) is 14.4 Å². The van der Waals surface area contributed by atoms with Crippen LogP contribution in [-0.4, -0.2) is 47.7 Å². The third-order valence-corrected chi connectivity index (χ3v) is 5.21. The number of likely N-dealkylation sites (N-methyl/N-ethyl adjacent to an activating group) is 1. The van der Waals surface area contributed by atoms with Crippen molar-refractivity contribution >= 4 is 39.3 Å². The van der Waals surface area contributed by atoms with Crippen LogP contribution in [0, 0.1) is 0 Å². The molecule has 0 saturated heterocycles. The number of benzene rings is 2. The number of halogens is 1. The van der Waals surface area contributed by atoms with Gasteiger partial charge in [0.05, 0.1) is 0 Å². The summed E-state index contributed by atoms with van der Waals surface area (Å²) in [5, 5.41) is 2.77. The van der Waals surface area contributed by atoms with Crippen LogP contribution in [0.4, 0.5) is 5.69 Å². The van der Waals surface area contributed by atoms with Crippen molar-refractivity contribution in [2.24, 2.45) is 0 Å². The standard InChI is InChI=1S/C21H22BrN3O3/c1-13(26)23-18-8-7-14-11-19(21(28)24(2)3)25(12-16(14)10-18)20(27)15-5-4-6-17(22)9-15/h4-10,19H,11-12H2,1-3H3,(H,23,26). The first kappa shape index (κ1) is 20.1. The van der Waals surface area contributed by atoms with E-state index in [1.807, 2.05) is 24.3 Å². The molecule has 1 aliphatic rings. The average Bonchev–Trinajstić information content (AvgIpc) is 2.65. The van der Waals surface area contributed by atoms with Gasteiger partial charge in [0.2, 0.25) is 11.8 Å². The van der Waals surface area contributed by atoms with E-state index < -0.39 is 6.04 Å². The fourth-order valence-electron chi connectivity index (χ4n) is 3.38. The third kappa shape index (κ3) is 4.25. The third-order valence-electron chi connectivity index (χ3n) is 4.72. The van der Waals surface area contributed by atoms with Gasteiger partial charge in [0.15, 0.2) is 0 Å².